The van der Waals surface area contributed by atoms with E-state index >= 15 is 0 Å². The number of thioether (sulfide) groups is 1. The fourth-order valence-corrected chi connectivity index (χ4v) is 2.30. The van der Waals surface area contributed by atoms with Crippen molar-refractivity contribution in [1.29, 1.82) is 0 Å². The Balaban J connectivity index is 1.69. The second-order valence-electron chi connectivity index (χ2n) is 3.85. The van der Waals surface area contributed by atoms with Crippen LogP contribution in [-0.4, -0.2) is 19.9 Å². The zero-order chi connectivity index (χ0) is 13.2. The van der Waals surface area contributed by atoms with Gasteiger partial charge in [0.15, 0.2) is 10.9 Å². The average Bonchev–Trinajstić information content (AvgIpc) is 3.11. The maximum absolute atomic E-state index is 5.61. The lowest BCUT2D eigenvalue weighted by molar-refractivity contribution is 0.413. The first-order valence-corrected chi connectivity index (χ1v) is 6.50. The summed E-state index contributed by atoms with van der Waals surface area (Å²) in [6, 6.07) is 5.46. The third-order valence-electron chi connectivity index (χ3n) is 2.54. The zero-order valence-corrected chi connectivity index (χ0v) is 10.9. The van der Waals surface area contributed by atoms with Crippen LogP contribution < -0.4 is 5.73 Å². The molecule has 3 aromatic rings. The Labute approximate surface area is 112 Å². The predicted octanol–water partition coefficient (Wildman–Crippen LogP) is 1.94. The molecule has 0 bridgehead atoms. The van der Waals surface area contributed by atoms with E-state index in [0.29, 0.717) is 23.2 Å². The number of rotatable bonds is 4. The van der Waals surface area contributed by atoms with Gasteiger partial charge >= 0.3 is 0 Å². The van der Waals surface area contributed by atoms with Crippen LogP contribution in [0.25, 0.3) is 11.5 Å². The molecule has 7 nitrogen and oxygen atoms in total. The van der Waals surface area contributed by atoms with Crippen LogP contribution in [0.1, 0.15) is 5.69 Å². The Kier molecular flexibility index (Phi) is 3.00. The van der Waals surface area contributed by atoms with Gasteiger partial charge in [0.1, 0.15) is 0 Å². The molecule has 0 unspecified atom stereocenters. The molecule has 0 aliphatic carbocycles. The minimum Gasteiger partial charge on any atom is -0.461 e. The van der Waals surface area contributed by atoms with Crippen molar-refractivity contribution in [2.75, 3.05) is 5.73 Å². The van der Waals surface area contributed by atoms with E-state index in [1.165, 1.54) is 11.8 Å². The first-order chi connectivity index (χ1) is 9.24. The van der Waals surface area contributed by atoms with Crippen molar-refractivity contribution >= 4 is 17.7 Å². The predicted molar refractivity (Wildman–Crippen MR) is 69.2 cm³/mol. The monoisotopic (exact) mass is 277 g/mol. The summed E-state index contributed by atoms with van der Waals surface area (Å²) in [6.07, 6.45) is 1.59. The Morgan fingerprint density at radius 2 is 2.26 bits per heavy atom. The lowest BCUT2D eigenvalue weighted by Crippen LogP contribution is -1.98. The van der Waals surface area contributed by atoms with E-state index < -0.39 is 0 Å². The average molecular weight is 277 g/mol. The van der Waals surface area contributed by atoms with Crippen LogP contribution in [0.15, 0.2) is 38.6 Å². The normalized spacial score (nSPS) is 11.0. The van der Waals surface area contributed by atoms with E-state index in [0.717, 1.165) is 10.9 Å². The SMILES string of the molecule is Cn1c(N)nnc1SCc1cc(-c2ccco2)on1. The molecular formula is C11H11N5O2S. The smallest absolute Gasteiger partial charge is 0.222 e. The minimum absolute atomic E-state index is 0.388. The summed E-state index contributed by atoms with van der Waals surface area (Å²) in [5.41, 5.74) is 6.41. The quantitative estimate of drug-likeness (QED) is 0.728. The summed E-state index contributed by atoms with van der Waals surface area (Å²) in [4.78, 5) is 0. The molecule has 0 saturated heterocycles. The number of furan rings is 1. The highest BCUT2D eigenvalue weighted by atomic mass is 32.2. The molecular weight excluding hydrogens is 266 g/mol. The van der Waals surface area contributed by atoms with Crippen LogP contribution in [0.5, 0.6) is 0 Å². The van der Waals surface area contributed by atoms with E-state index in [4.69, 9.17) is 14.7 Å². The number of hydrogen-bond donors (Lipinski definition) is 1. The standard InChI is InChI=1S/C11H11N5O2S/c1-16-10(12)13-14-11(16)19-6-7-5-9(18-15-7)8-3-2-4-17-8/h2-5H,6H2,1H3,(H2,12,13). The molecule has 0 aliphatic rings. The first-order valence-electron chi connectivity index (χ1n) is 5.51. The molecule has 0 atom stereocenters. The van der Waals surface area contributed by atoms with Gasteiger partial charge in [-0.25, -0.2) is 0 Å². The number of hydrogen-bond acceptors (Lipinski definition) is 7. The van der Waals surface area contributed by atoms with Crippen LogP contribution in [0.2, 0.25) is 0 Å². The number of nitrogens with two attached hydrogens (primary N) is 1. The van der Waals surface area contributed by atoms with Gasteiger partial charge in [-0.1, -0.05) is 16.9 Å². The van der Waals surface area contributed by atoms with Gasteiger partial charge in [0, 0.05) is 18.9 Å². The van der Waals surface area contributed by atoms with Crippen molar-refractivity contribution in [2.24, 2.45) is 7.05 Å². The first kappa shape index (κ1) is 11.8. The van der Waals surface area contributed by atoms with Crippen molar-refractivity contribution < 1.29 is 8.94 Å². The molecule has 0 saturated carbocycles. The maximum Gasteiger partial charge on any atom is 0.222 e. The maximum atomic E-state index is 5.61. The summed E-state index contributed by atoms with van der Waals surface area (Å²) in [5.74, 6) is 2.28. The van der Waals surface area contributed by atoms with E-state index in [1.807, 2.05) is 19.2 Å². The lowest BCUT2D eigenvalue weighted by atomic mass is 10.3. The number of nitrogens with zero attached hydrogens (tertiary/aromatic N) is 4. The Morgan fingerprint density at radius 3 is 2.95 bits per heavy atom. The summed E-state index contributed by atoms with van der Waals surface area (Å²) in [6.45, 7) is 0. The van der Waals surface area contributed by atoms with Gasteiger partial charge in [0.25, 0.3) is 0 Å². The molecule has 3 aromatic heterocycles. The molecule has 0 amide bonds. The van der Waals surface area contributed by atoms with Gasteiger partial charge in [-0.05, 0) is 12.1 Å². The lowest BCUT2D eigenvalue weighted by Gasteiger charge is -1.98. The molecule has 0 spiro atoms. The molecule has 8 heteroatoms. The Bertz CT molecular complexity index is 673. The number of anilines is 1. The van der Waals surface area contributed by atoms with Crippen molar-refractivity contribution in [2.45, 2.75) is 10.9 Å². The third-order valence-corrected chi connectivity index (χ3v) is 3.59. The van der Waals surface area contributed by atoms with Gasteiger partial charge in [-0.3, -0.25) is 4.57 Å². The fraction of sp³-hybridized carbons (Fsp3) is 0.182. The van der Waals surface area contributed by atoms with E-state index in [-0.39, 0.29) is 0 Å². The highest BCUT2D eigenvalue weighted by Crippen LogP contribution is 2.25. The van der Waals surface area contributed by atoms with E-state index in [2.05, 4.69) is 15.4 Å². The summed E-state index contributed by atoms with van der Waals surface area (Å²) >= 11 is 1.49. The fourth-order valence-electron chi connectivity index (χ4n) is 1.51. The molecule has 0 radical (unpaired) electrons. The minimum atomic E-state index is 0.388. The van der Waals surface area contributed by atoms with Gasteiger partial charge in [0.05, 0.1) is 12.0 Å². The molecule has 0 aliphatic heterocycles. The van der Waals surface area contributed by atoms with Crippen LogP contribution in [0, 0.1) is 0 Å². The molecule has 3 rings (SSSR count). The van der Waals surface area contributed by atoms with Crippen molar-refractivity contribution in [1.82, 2.24) is 19.9 Å². The van der Waals surface area contributed by atoms with Crippen LogP contribution >= 0.6 is 11.8 Å². The topological polar surface area (TPSA) is 95.9 Å². The van der Waals surface area contributed by atoms with Gasteiger partial charge in [-0.2, -0.15) is 0 Å². The zero-order valence-electron chi connectivity index (χ0n) is 10.1. The third kappa shape index (κ3) is 2.34. The van der Waals surface area contributed by atoms with Crippen molar-refractivity contribution in [3.05, 3.63) is 30.2 Å². The largest absolute Gasteiger partial charge is 0.461 e. The van der Waals surface area contributed by atoms with Gasteiger partial charge in [-0.15, -0.1) is 10.2 Å². The second kappa shape index (κ2) is 4.81. The molecule has 3 heterocycles. The second-order valence-corrected chi connectivity index (χ2v) is 4.79. The number of aromatic nitrogens is 4. The van der Waals surface area contributed by atoms with Crippen molar-refractivity contribution in [3.63, 3.8) is 0 Å². The van der Waals surface area contributed by atoms with E-state index in [1.54, 1.807) is 16.9 Å². The molecule has 2 N–H and O–H groups in total. The summed E-state index contributed by atoms with van der Waals surface area (Å²) in [7, 11) is 1.81. The van der Waals surface area contributed by atoms with Crippen LogP contribution in [-0.2, 0) is 12.8 Å². The van der Waals surface area contributed by atoms with Crippen molar-refractivity contribution in [3.8, 4) is 11.5 Å². The van der Waals surface area contributed by atoms with E-state index in [9.17, 15) is 0 Å². The molecule has 19 heavy (non-hydrogen) atoms. The summed E-state index contributed by atoms with van der Waals surface area (Å²) < 4.78 is 12.2. The summed E-state index contributed by atoms with van der Waals surface area (Å²) in [5, 5.41) is 12.5. The number of nitrogen functional groups attached to an aromatic ring is 1. The highest BCUT2D eigenvalue weighted by molar-refractivity contribution is 7.98. The van der Waals surface area contributed by atoms with Gasteiger partial charge in [0.2, 0.25) is 11.7 Å². The highest BCUT2D eigenvalue weighted by Gasteiger charge is 2.11. The molecule has 0 fully saturated rings. The Hall–Kier alpha value is -2.22. The molecule has 98 valence electrons. The van der Waals surface area contributed by atoms with Gasteiger partial charge < -0.3 is 14.7 Å². The van der Waals surface area contributed by atoms with Crippen LogP contribution in [0.4, 0.5) is 5.95 Å². The molecule has 0 aromatic carbocycles. The van der Waals surface area contributed by atoms with Crippen LogP contribution in [0.3, 0.4) is 0 Å². The Morgan fingerprint density at radius 1 is 1.37 bits per heavy atom.